The van der Waals surface area contributed by atoms with E-state index in [1.165, 1.54) is 24.3 Å². The molecular formula is C19H20Cl2FN3O. The lowest BCUT2D eigenvalue weighted by molar-refractivity contribution is 0.102. The third-order valence-electron chi connectivity index (χ3n) is 4.42. The van der Waals surface area contributed by atoms with Crippen molar-refractivity contribution in [1.82, 2.24) is 4.90 Å². The van der Waals surface area contributed by atoms with Crippen molar-refractivity contribution in [3.8, 4) is 0 Å². The third-order valence-corrected chi connectivity index (χ3v) is 4.97. The number of anilines is 2. The number of hydrogen-bond donors (Lipinski definition) is 2. The number of rotatable bonds is 4. The van der Waals surface area contributed by atoms with Gasteiger partial charge in [0.25, 0.3) is 5.91 Å². The van der Waals surface area contributed by atoms with Gasteiger partial charge in [0.2, 0.25) is 0 Å². The Morgan fingerprint density at radius 3 is 2.50 bits per heavy atom. The van der Waals surface area contributed by atoms with Gasteiger partial charge in [0, 0.05) is 22.4 Å². The molecule has 138 valence electrons. The first-order valence-corrected chi connectivity index (χ1v) is 9.18. The maximum absolute atomic E-state index is 14.0. The molecule has 1 amide bonds. The molecule has 2 aromatic rings. The van der Waals surface area contributed by atoms with Gasteiger partial charge in [-0.25, -0.2) is 4.39 Å². The molecule has 0 saturated carbocycles. The van der Waals surface area contributed by atoms with Crippen LogP contribution in [0.2, 0.25) is 10.0 Å². The molecule has 1 heterocycles. The maximum atomic E-state index is 14.0. The van der Waals surface area contributed by atoms with Crippen LogP contribution in [-0.4, -0.2) is 37.0 Å². The summed E-state index contributed by atoms with van der Waals surface area (Å²) in [4.78, 5) is 14.7. The SMILES string of the molecule is CN1CCC(Nc2cc(F)cc(NC(=O)c3ccc(Cl)cc3Cl)c2)CC1. The summed E-state index contributed by atoms with van der Waals surface area (Å²) in [6.45, 7) is 2.01. The van der Waals surface area contributed by atoms with E-state index in [1.54, 1.807) is 12.1 Å². The van der Waals surface area contributed by atoms with Crippen LogP contribution in [0, 0.1) is 5.82 Å². The molecule has 0 aliphatic carbocycles. The van der Waals surface area contributed by atoms with Gasteiger partial charge in [-0.3, -0.25) is 4.79 Å². The molecule has 3 rings (SSSR count). The molecule has 0 spiro atoms. The topological polar surface area (TPSA) is 44.4 Å². The highest BCUT2D eigenvalue weighted by atomic mass is 35.5. The van der Waals surface area contributed by atoms with Crippen molar-refractivity contribution in [2.45, 2.75) is 18.9 Å². The lowest BCUT2D eigenvalue weighted by atomic mass is 10.1. The molecule has 26 heavy (non-hydrogen) atoms. The van der Waals surface area contributed by atoms with E-state index in [1.807, 2.05) is 0 Å². The number of hydrogen-bond acceptors (Lipinski definition) is 3. The summed E-state index contributed by atoms with van der Waals surface area (Å²) in [7, 11) is 2.09. The highest BCUT2D eigenvalue weighted by Gasteiger charge is 2.17. The monoisotopic (exact) mass is 395 g/mol. The number of piperidine rings is 1. The molecule has 2 N–H and O–H groups in total. The Hall–Kier alpha value is -1.82. The van der Waals surface area contributed by atoms with E-state index in [4.69, 9.17) is 23.2 Å². The van der Waals surface area contributed by atoms with E-state index in [9.17, 15) is 9.18 Å². The van der Waals surface area contributed by atoms with Gasteiger partial charge in [-0.1, -0.05) is 23.2 Å². The standard InChI is InChI=1S/C19H20Cl2FN3O/c1-25-6-4-14(5-7-25)23-15-9-13(22)10-16(11-15)24-19(26)17-3-2-12(20)8-18(17)21/h2-3,8-11,14,23H,4-7H2,1H3,(H,24,26). The molecular weight excluding hydrogens is 376 g/mol. The van der Waals surface area contributed by atoms with Gasteiger partial charge in [-0.05, 0) is 69.4 Å². The first-order valence-electron chi connectivity index (χ1n) is 8.43. The first kappa shape index (κ1) is 19.0. The van der Waals surface area contributed by atoms with Crippen LogP contribution in [-0.2, 0) is 0 Å². The third kappa shape index (κ3) is 4.87. The fourth-order valence-corrected chi connectivity index (χ4v) is 3.50. The quantitative estimate of drug-likeness (QED) is 0.774. The molecule has 2 aromatic carbocycles. The summed E-state index contributed by atoms with van der Waals surface area (Å²) in [5.41, 5.74) is 1.30. The van der Waals surface area contributed by atoms with Gasteiger partial charge in [0.1, 0.15) is 5.82 Å². The van der Waals surface area contributed by atoms with E-state index in [0.29, 0.717) is 22.4 Å². The molecule has 1 saturated heterocycles. The van der Waals surface area contributed by atoms with Gasteiger partial charge in [-0.15, -0.1) is 0 Å². The van der Waals surface area contributed by atoms with Crippen LogP contribution in [0.3, 0.4) is 0 Å². The van der Waals surface area contributed by atoms with Crippen molar-refractivity contribution in [3.05, 3.63) is 57.8 Å². The minimum absolute atomic E-state index is 0.246. The van der Waals surface area contributed by atoms with Gasteiger partial charge in [0.05, 0.1) is 10.6 Å². The number of carbonyl (C=O) groups is 1. The number of nitrogens with one attached hydrogen (secondary N) is 2. The second-order valence-electron chi connectivity index (χ2n) is 6.53. The normalized spacial score (nSPS) is 15.7. The minimum atomic E-state index is -0.416. The average Bonchev–Trinajstić information content (AvgIpc) is 2.56. The zero-order valence-corrected chi connectivity index (χ0v) is 15.9. The van der Waals surface area contributed by atoms with E-state index >= 15 is 0 Å². The molecule has 0 bridgehead atoms. The molecule has 4 nitrogen and oxygen atoms in total. The summed E-state index contributed by atoms with van der Waals surface area (Å²) in [5, 5.41) is 6.73. The molecule has 1 aliphatic heterocycles. The summed E-state index contributed by atoms with van der Waals surface area (Å²) in [6.07, 6.45) is 1.99. The second kappa shape index (κ2) is 8.25. The number of carbonyl (C=O) groups excluding carboxylic acids is 1. The minimum Gasteiger partial charge on any atom is -0.382 e. The number of nitrogens with zero attached hydrogens (tertiary/aromatic N) is 1. The maximum Gasteiger partial charge on any atom is 0.257 e. The van der Waals surface area contributed by atoms with Gasteiger partial charge < -0.3 is 15.5 Å². The van der Waals surface area contributed by atoms with Crippen LogP contribution in [0.15, 0.2) is 36.4 Å². The lowest BCUT2D eigenvalue weighted by Gasteiger charge is -2.30. The smallest absolute Gasteiger partial charge is 0.257 e. The average molecular weight is 396 g/mol. The molecule has 0 atom stereocenters. The largest absolute Gasteiger partial charge is 0.382 e. The van der Waals surface area contributed by atoms with Crippen molar-refractivity contribution in [3.63, 3.8) is 0 Å². The fourth-order valence-electron chi connectivity index (χ4n) is 3.01. The molecule has 0 aromatic heterocycles. The van der Waals surface area contributed by atoms with Crippen molar-refractivity contribution in [2.75, 3.05) is 30.8 Å². The van der Waals surface area contributed by atoms with Crippen molar-refractivity contribution >= 4 is 40.5 Å². The van der Waals surface area contributed by atoms with Crippen LogP contribution in [0.25, 0.3) is 0 Å². The number of likely N-dealkylation sites (tertiary alicyclic amines) is 1. The van der Waals surface area contributed by atoms with Gasteiger partial charge in [-0.2, -0.15) is 0 Å². The Bertz CT molecular complexity index is 807. The van der Waals surface area contributed by atoms with Gasteiger partial charge >= 0.3 is 0 Å². The number of amides is 1. The van der Waals surface area contributed by atoms with Gasteiger partial charge in [0.15, 0.2) is 0 Å². The molecule has 1 fully saturated rings. The Morgan fingerprint density at radius 2 is 1.81 bits per heavy atom. The summed E-state index contributed by atoms with van der Waals surface area (Å²) in [5.74, 6) is -0.831. The molecule has 1 aliphatic rings. The summed E-state index contributed by atoms with van der Waals surface area (Å²) in [6, 6.07) is 9.35. The number of halogens is 3. The first-order chi connectivity index (χ1) is 12.4. The van der Waals surface area contributed by atoms with Crippen molar-refractivity contribution in [2.24, 2.45) is 0 Å². The Kier molecular flexibility index (Phi) is 6.01. The van der Waals surface area contributed by atoms with Crippen molar-refractivity contribution < 1.29 is 9.18 Å². The summed E-state index contributed by atoms with van der Waals surface area (Å²) >= 11 is 11.9. The molecule has 7 heteroatoms. The van der Waals surface area contributed by atoms with Crippen LogP contribution >= 0.6 is 23.2 Å². The second-order valence-corrected chi connectivity index (χ2v) is 7.37. The Morgan fingerprint density at radius 1 is 1.12 bits per heavy atom. The zero-order chi connectivity index (χ0) is 18.7. The van der Waals surface area contributed by atoms with Crippen LogP contribution < -0.4 is 10.6 Å². The summed E-state index contributed by atoms with van der Waals surface area (Å²) < 4.78 is 14.0. The Labute approximate surface area is 162 Å². The van der Waals surface area contributed by atoms with E-state index in [-0.39, 0.29) is 10.6 Å². The van der Waals surface area contributed by atoms with E-state index in [2.05, 4.69) is 22.6 Å². The van der Waals surface area contributed by atoms with E-state index in [0.717, 1.165) is 25.9 Å². The van der Waals surface area contributed by atoms with Crippen LogP contribution in [0.1, 0.15) is 23.2 Å². The highest BCUT2D eigenvalue weighted by molar-refractivity contribution is 6.37. The molecule has 0 radical (unpaired) electrons. The predicted octanol–water partition coefficient (Wildman–Crippen LogP) is 4.89. The van der Waals surface area contributed by atoms with Crippen LogP contribution in [0.4, 0.5) is 15.8 Å². The van der Waals surface area contributed by atoms with Crippen LogP contribution in [0.5, 0.6) is 0 Å². The fraction of sp³-hybridized carbons (Fsp3) is 0.316. The lowest BCUT2D eigenvalue weighted by Crippen LogP contribution is -2.36. The highest BCUT2D eigenvalue weighted by Crippen LogP contribution is 2.24. The van der Waals surface area contributed by atoms with E-state index < -0.39 is 11.7 Å². The predicted molar refractivity (Wildman–Crippen MR) is 105 cm³/mol. The van der Waals surface area contributed by atoms with Crippen molar-refractivity contribution in [1.29, 1.82) is 0 Å². The zero-order valence-electron chi connectivity index (χ0n) is 14.4. The molecule has 0 unspecified atom stereocenters. The Balaban J connectivity index is 1.72. The number of benzene rings is 2.